The largest absolute Gasteiger partial charge is 0.452 e. The average molecular weight is 953 g/mol. The maximum Gasteiger partial charge on any atom is 0.306 e. The lowest BCUT2D eigenvalue weighted by Gasteiger charge is -2.21. The quantitative estimate of drug-likeness (QED) is 0.0652. The predicted octanol–water partition coefficient (Wildman–Crippen LogP) is 4.44. The molecule has 0 aliphatic carbocycles. The van der Waals surface area contributed by atoms with Crippen LogP contribution in [0.4, 0.5) is 11.6 Å². The molecule has 20 heteroatoms. The second kappa shape index (κ2) is 24.5. The summed E-state index contributed by atoms with van der Waals surface area (Å²) in [5.74, 6) is 13.4. The second-order valence-electron chi connectivity index (χ2n) is 18.4. The van der Waals surface area contributed by atoms with Crippen LogP contribution in [0.1, 0.15) is 104 Å². The van der Waals surface area contributed by atoms with Crippen molar-refractivity contribution in [3.8, 4) is 23.7 Å². The number of carbonyl (C=O) groups is 2. The number of aliphatic hydroxyl groups excluding tert-OH is 3. The zero-order chi connectivity index (χ0) is 48.0. The minimum absolute atomic E-state index is 0.0208. The molecule has 0 aromatic carbocycles. The van der Waals surface area contributed by atoms with Crippen LogP contribution in [0.25, 0.3) is 22.1 Å². The molecule has 4 aromatic heterocycles. The monoisotopic (exact) mass is 952 g/mol. The third-order valence-electron chi connectivity index (χ3n) is 10.1. The molecule has 4 aromatic rings. The van der Waals surface area contributed by atoms with E-state index in [0.717, 1.165) is 18.6 Å². The van der Waals surface area contributed by atoms with Gasteiger partial charge in [0, 0.05) is 31.4 Å². The van der Waals surface area contributed by atoms with E-state index in [-0.39, 0.29) is 36.6 Å². The van der Waals surface area contributed by atoms with Crippen LogP contribution in [0.3, 0.4) is 0 Å². The Labute approximate surface area is 395 Å². The molecule has 0 bridgehead atoms. The highest BCUT2D eigenvalue weighted by Crippen LogP contribution is 2.36. The summed E-state index contributed by atoms with van der Waals surface area (Å²) >= 11 is 5.54. The number of aliphatic hydroxyl groups is 3. The Hall–Kier alpha value is -4.48. The van der Waals surface area contributed by atoms with E-state index in [9.17, 15) is 19.8 Å². The van der Waals surface area contributed by atoms with Crippen molar-refractivity contribution in [3.63, 3.8) is 0 Å². The van der Waals surface area contributed by atoms with E-state index < -0.39 is 36.9 Å². The van der Waals surface area contributed by atoms with Gasteiger partial charge in [-0.15, -0.1) is 0 Å². The van der Waals surface area contributed by atoms with Crippen molar-refractivity contribution in [2.24, 2.45) is 10.8 Å². The second-order valence-corrected chi connectivity index (χ2v) is 20.0. The first kappa shape index (κ1) is 52.5. The van der Waals surface area contributed by atoms with Gasteiger partial charge in [-0.25, -0.2) is 19.9 Å². The molecule has 6 atom stereocenters. The van der Waals surface area contributed by atoms with Crippen LogP contribution < -0.4 is 11.5 Å². The number of anilines is 2. The van der Waals surface area contributed by atoms with Crippen LogP contribution >= 0.6 is 24.4 Å². The molecule has 66 heavy (non-hydrogen) atoms. The van der Waals surface area contributed by atoms with E-state index in [1.54, 1.807) is 21.3 Å². The summed E-state index contributed by atoms with van der Waals surface area (Å²) in [6, 6.07) is 3.55. The number of thiol groups is 1. The minimum atomic E-state index is -0.694. The van der Waals surface area contributed by atoms with Gasteiger partial charge in [0.15, 0.2) is 11.7 Å². The molecular formula is C46H64N8O10S2. The van der Waals surface area contributed by atoms with Crippen LogP contribution in [-0.4, -0.2) is 131 Å². The van der Waals surface area contributed by atoms with Crippen LogP contribution in [-0.2, 0) is 33.3 Å². The number of nitrogens with zero attached hydrogens (tertiary/aromatic N) is 6. The Morgan fingerprint density at radius 3 is 1.76 bits per heavy atom. The molecule has 18 nitrogen and oxygen atoms in total. The van der Waals surface area contributed by atoms with E-state index >= 15 is 0 Å². The van der Waals surface area contributed by atoms with E-state index in [1.165, 1.54) is 24.4 Å². The minimum Gasteiger partial charge on any atom is -0.452 e. The van der Waals surface area contributed by atoms with Crippen molar-refractivity contribution in [1.82, 2.24) is 29.1 Å². The number of esters is 1. The molecule has 0 spiro atoms. The van der Waals surface area contributed by atoms with Crippen molar-refractivity contribution in [1.29, 1.82) is 0 Å². The Morgan fingerprint density at radius 2 is 1.35 bits per heavy atom. The molecule has 3 aliphatic heterocycles. The highest BCUT2D eigenvalue weighted by molar-refractivity contribution is 8.14. The van der Waals surface area contributed by atoms with Crippen LogP contribution in [0.15, 0.2) is 24.8 Å². The molecule has 7 rings (SSSR count). The lowest BCUT2D eigenvalue weighted by atomic mass is 9.99. The number of nitrogens with two attached hydrogens (primary N) is 2. The topological polar surface area (TPSA) is 254 Å². The first-order chi connectivity index (χ1) is 31.4. The Balaban J connectivity index is 0.000000222. The van der Waals surface area contributed by atoms with Crippen LogP contribution in [0, 0.1) is 34.5 Å². The van der Waals surface area contributed by atoms with Gasteiger partial charge >= 0.3 is 5.97 Å². The molecule has 7 heterocycles. The maximum absolute atomic E-state index is 11.7. The van der Waals surface area contributed by atoms with Gasteiger partial charge in [0.25, 0.3) is 0 Å². The van der Waals surface area contributed by atoms with Gasteiger partial charge < -0.3 is 50.5 Å². The Morgan fingerprint density at radius 1 is 0.848 bits per heavy atom. The molecule has 0 saturated carbocycles. The summed E-state index contributed by atoms with van der Waals surface area (Å²) in [7, 11) is 0. The van der Waals surface area contributed by atoms with Gasteiger partial charge in [0.05, 0.1) is 60.8 Å². The normalized spacial score (nSPS) is 21.6. The first-order valence-corrected chi connectivity index (χ1v) is 23.6. The number of ether oxygens (including phenoxy) is 5. The standard InChI is InChI=1S/C23H32N4O5S.C19H26N4O4.C4H6OS/c1-23(2,3)13-30-12-18-17(28)11-19(32-18)27-15(6-4-8-31-20(29)7-5-9-33)10-16-21(24)25-14-26-22(16)27;1-19(2,3)10-26-9-15-14(25)8-16(27-15)23-12(5-4-6-24)7-13-17(20)21-11-22-18(13)23;5-4-2-1-3-6-4/h10,14,17-19,28,33H,5,7-9,11-13H2,1-3H3,(H2,24,25,26);7,11,14-16,24-25H,6,8-10H2,1-3H3,(H2,20,21,22);1-3H2. The third-order valence-corrected chi connectivity index (χ3v) is 11.4. The zero-order valence-corrected chi connectivity index (χ0v) is 40.3. The SMILES string of the molecule is CC(C)(C)COCC1OC(n2c(C#CCO)cc3c(N)ncnc32)CC1O.CC(C)(C)COCC1OC(n2c(C#CCOC(=O)CCCS)cc3c(N)ncnc32)CC1O.O=C1CCCS1. The average Bonchev–Trinajstić information content (AvgIpc) is 4.10. The fraction of sp³-hybridized carbons (Fsp3) is 0.609. The molecule has 7 N–H and O–H groups in total. The molecule has 0 amide bonds. The van der Waals surface area contributed by atoms with Crippen LogP contribution in [0.5, 0.6) is 0 Å². The number of hydrogen-bond acceptors (Lipinski definition) is 18. The van der Waals surface area contributed by atoms with Crippen molar-refractivity contribution >= 4 is 69.2 Å². The number of thioether (sulfide) groups is 1. The fourth-order valence-electron chi connectivity index (χ4n) is 7.03. The maximum atomic E-state index is 11.7. The lowest BCUT2D eigenvalue weighted by Crippen LogP contribution is -2.28. The van der Waals surface area contributed by atoms with E-state index in [0.29, 0.717) is 101 Å². The van der Waals surface area contributed by atoms with Gasteiger partial charge in [-0.1, -0.05) is 65.1 Å². The van der Waals surface area contributed by atoms with Crippen molar-refractivity contribution in [2.75, 3.05) is 62.6 Å². The van der Waals surface area contributed by atoms with Crippen molar-refractivity contribution in [3.05, 3.63) is 36.2 Å². The molecule has 0 radical (unpaired) electrons. The Bertz CT molecular complexity index is 2370. The summed E-state index contributed by atoms with van der Waals surface area (Å²) in [6.07, 6.45) is 3.14. The number of carbonyl (C=O) groups excluding carboxylic acids is 2. The van der Waals surface area contributed by atoms with Gasteiger partial charge in [-0.05, 0) is 53.4 Å². The molecule has 3 fully saturated rings. The molecule has 3 saturated heterocycles. The molecular weight excluding hydrogens is 889 g/mol. The summed E-state index contributed by atoms with van der Waals surface area (Å²) in [6.45, 7) is 13.9. The van der Waals surface area contributed by atoms with Crippen molar-refractivity contribution in [2.45, 2.75) is 117 Å². The summed E-state index contributed by atoms with van der Waals surface area (Å²) in [5, 5.41) is 31.7. The van der Waals surface area contributed by atoms with Crippen LogP contribution in [0.2, 0.25) is 0 Å². The number of fused-ring (bicyclic) bond motifs is 2. The smallest absolute Gasteiger partial charge is 0.306 e. The highest BCUT2D eigenvalue weighted by Gasteiger charge is 2.38. The van der Waals surface area contributed by atoms with Crippen molar-refractivity contribution < 1.29 is 48.6 Å². The number of hydrogen-bond donors (Lipinski definition) is 6. The van der Waals surface area contributed by atoms with E-state index in [2.05, 4.69) is 97.8 Å². The highest BCUT2D eigenvalue weighted by atomic mass is 32.2. The van der Waals surface area contributed by atoms with E-state index in [4.69, 9.17) is 40.3 Å². The first-order valence-electron chi connectivity index (χ1n) is 21.9. The molecule has 6 unspecified atom stereocenters. The van der Waals surface area contributed by atoms with E-state index in [1.807, 2.05) is 0 Å². The summed E-state index contributed by atoms with van der Waals surface area (Å²) < 4.78 is 32.4. The van der Waals surface area contributed by atoms with Gasteiger partial charge in [-0.2, -0.15) is 12.6 Å². The summed E-state index contributed by atoms with van der Waals surface area (Å²) in [4.78, 5) is 38.6. The summed E-state index contributed by atoms with van der Waals surface area (Å²) in [5.41, 5.74) is 14.4. The third kappa shape index (κ3) is 15.3. The number of nitrogen functional groups attached to an aromatic ring is 2. The van der Waals surface area contributed by atoms with Gasteiger partial charge in [0.2, 0.25) is 0 Å². The Kier molecular flexibility index (Phi) is 19.5. The number of aromatic nitrogens is 6. The molecule has 360 valence electrons. The van der Waals surface area contributed by atoms with Gasteiger partial charge in [-0.3, -0.25) is 18.7 Å². The lowest BCUT2D eigenvalue weighted by molar-refractivity contribution is -0.142. The van der Waals surface area contributed by atoms with Gasteiger partial charge in [0.1, 0.15) is 66.9 Å². The fourth-order valence-corrected chi connectivity index (χ4v) is 7.99. The predicted molar refractivity (Wildman–Crippen MR) is 255 cm³/mol. The number of rotatable bonds is 12. The molecule has 3 aliphatic rings. The zero-order valence-electron chi connectivity index (χ0n) is 38.6.